The summed E-state index contributed by atoms with van der Waals surface area (Å²) in [6.07, 6.45) is 2.70. The van der Waals surface area contributed by atoms with Crippen LogP contribution < -0.4 is 5.32 Å². The van der Waals surface area contributed by atoms with Gasteiger partial charge in [0.2, 0.25) is 0 Å². The smallest absolute Gasteiger partial charge is 0.0280 e. The van der Waals surface area contributed by atoms with Crippen LogP contribution in [0, 0.1) is 0 Å². The molecule has 0 aliphatic carbocycles. The molecule has 15 heavy (non-hydrogen) atoms. The summed E-state index contributed by atoms with van der Waals surface area (Å²) in [5, 5.41) is 3.66. The Balaban J connectivity index is 1.96. The van der Waals surface area contributed by atoms with E-state index in [1.807, 2.05) is 0 Å². The van der Waals surface area contributed by atoms with Crippen molar-refractivity contribution in [2.24, 2.45) is 0 Å². The third-order valence-electron chi connectivity index (χ3n) is 4.05. The first-order valence-corrected chi connectivity index (χ1v) is 6.27. The van der Waals surface area contributed by atoms with E-state index in [4.69, 9.17) is 0 Å². The Kier molecular flexibility index (Phi) is 3.33. The van der Waals surface area contributed by atoms with Gasteiger partial charge in [-0.25, -0.2) is 0 Å². The number of nitrogens with zero attached hydrogens (tertiary/aromatic N) is 2. The van der Waals surface area contributed by atoms with Gasteiger partial charge in [0.25, 0.3) is 0 Å². The van der Waals surface area contributed by atoms with Crippen LogP contribution >= 0.6 is 0 Å². The number of piperazine rings is 1. The normalized spacial score (nSPS) is 34.2. The molecular weight excluding hydrogens is 186 g/mol. The molecule has 0 aromatic rings. The van der Waals surface area contributed by atoms with Crippen LogP contribution in [0.25, 0.3) is 0 Å². The molecule has 0 bridgehead atoms. The molecule has 2 aliphatic rings. The van der Waals surface area contributed by atoms with Crippen LogP contribution in [0.3, 0.4) is 0 Å². The number of likely N-dealkylation sites (N-methyl/N-ethyl adjacent to an activating group) is 1. The maximum atomic E-state index is 3.66. The zero-order valence-corrected chi connectivity index (χ0v) is 10.4. The van der Waals surface area contributed by atoms with Gasteiger partial charge in [-0.15, -0.1) is 0 Å². The molecule has 2 aliphatic heterocycles. The maximum Gasteiger partial charge on any atom is 0.0280 e. The highest BCUT2D eigenvalue weighted by atomic mass is 15.3. The van der Waals surface area contributed by atoms with Gasteiger partial charge in [-0.05, 0) is 40.3 Å². The molecule has 3 nitrogen and oxygen atoms in total. The first kappa shape index (κ1) is 11.4. The lowest BCUT2D eigenvalue weighted by molar-refractivity contribution is 0.0460. The van der Waals surface area contributed by atoms with Crippen LogP contribution in [-0.4, -0.2) is 61.2 Å². The second kappa shape index (κ2) is 4.40. The summed E-state index contributed by atoms with van der Waals surface area (Å²) in [5.74, 6) is 0. The van der Waals surface area contributed by atoms with Gasteiger partial charge in [0.15, 0.2) is 0 Å². The molecule has 0 saturated carbocycles. The molecule has 2 saturated heterocycles. The lowest BCUT2D eigenvalue weighted by Crippen LogP contribution is -2.63. The summed E-state index contributed by atoms with van der Waals surface area (Å²) in [4.78, 5) is 5.12. The van der Waals surface area contributed by atoms with E-state index in [0.29, 0.717) is 5.54 Å². The minimum absolute atomic E-state index is 0.300. The van der Waals surface area contributed by atoms with Gasteiger partial charge in [0, 0.05) is 37.8 Å². The zero-order valence-electron chi connectivity index (χ0n) is 10.4. The van der Waals surface area contributed by atoms with Crippen molar-refractivity contribution in [2.75, 3.05) is 39.8 Å². The molecule has 0 aromatic heterocycles. The highest BCUT2D eigenvalue weighted by Gasteiger charge is 2.36. The van der Waals surface area contributed by atoms with Crippen molar-refractivity contribution in [1.29, 1.82) is 0 Å². The van der Waals surface area contributed by atoms with Gasteiger partial charge in [0.1, 0.15) is 0 Å². The fourth-order valence-corrected chi connectivity index (χ4v) is 2.96. The largest absolute Gasteiger partial charge is 0.310 e. The fourth-order valence-electron chi connectivity index (χ4n) is 2.96. The van der Waals surface area contributed by atoms with E-state index < -0.39 is 0 Å². The number of piperidine rings is 1. The van der Waals surface area contributed by atoms with E-state index in [0.717, 1.165) is 6.04 Å². The van der Waals surface area contributed by atoms with Crippen molar-refractivity contribution in [3.05, 3.63) is 0 Å². The molecule has 0 aromatic carbocycles. The van der Waals surface area contributed by atoms with Crippen LogP contribution in [0.5, 0.6) is 0 Å². The van der Waals surface area contributed by atoms with E-state index >= 15 is 0 Å². The number of nitrogens with one attached hydrogen (secondary N) is 1. The average Bonchev–Trinajstić information content (AvgIpc) is 2.19. The van der Waals surface area contributed by atoms with Crippen LogP contribution in [0.4, 0.5) is 0 Å². The molecule has 0 spiro atoms. The van der Waals surface area contributed by atoms with Gasteiger partial charge in [-0.1, -0.05) is 0 Å². The summed E-state index contributed by atoms with van der Waals surface area (Å²) in [6.45, 7) is 10.8. The topological polar surface area (TPSA) is 18.5 Å². The molecule has 0 radical (unpaired) electrons. The van der Waals surface area contributed by atoms with Crippen molar-refractivity contribution < 1.29 is 0 Å². The van der Waals surface area contributed by atoms with Crippen molar-refractivity contribution in [1.82, 2.24) is 15.1 Å². The molecule has 2 fully saturated rings. The zero-order chi connectivity index (χ0) is 10.9. The Labute approximate surface area is 93.8 Å². The van der Waals surface area contributed by atoms with E-state index in [1.165, 1.54) is 45.6 Å². The van der Waals surface area contributed by atoms with Gasteiger partial charge >= 0.3 is 0 Å². The predicted octanol–water partition coefficient (Wildman–Crippen LogP) is 0.764. The lowest BCUT2D eigenvalue weighted by Gasteiger charge is -2.48. The molecule has 2 rings (SSSR count). The monoisotopic (exact) mass is 211 g/mol. The van der Waals surface area contributed by atoms with E-state index in [-0.39, 0.29) is 0 Å². The molecule has 0 amide bonds. The van der Waals surface area contributed by atoms with Crippen LogP contribution in [-0.2, 0) is 0 Å². The van der Waals surface area contributed by atoms with Gasteiger partial charge in [-0.2, -0.15) is 0 Å². The van der Waals surface area contributed by atoms with E-state index in [1.54, 1.807) is 0 Å². The minimum atomic E-state index is 0.300. The minimum Gasteiger partial charge on any atom is -0.310 e. The summed E-state index contributed by atoms with van der Waals surface area (Å²) in [6, 6.07) is 0.736. The Morgan fingerprint density at radius 2 is 1.80 bits per heavy atom. The van der Waals surface area contributed by atoms with Crippen LogP contribution in [0.15, 0.2) is 0 Å². The molecular formula is C12H25N3. The quantitative estimate of drug-likeness (QED) is 0.691. The average molecular weight is 211 g/mol. The Morgan fingerprint density at radius 3 is 2.40 bits per heavy atom. The maximum absolute atomic E-state index is 3.66. The second-order valence-corrected chi connectivity index (χ2v) is 5.65. The van der Waals surface area contributed by atoms with Gasteiger partial charge in [0.05, 0.1) is 0 Å². The summed E-state index contributed by atoms with van der Waals surface area (Å²) in [7, 11) is 2.22. The molecule has 1 atom stereocenters. The SMILES string of the molecule is CN1CCN(C2CCCNC2(C)C)CC1. The number of hydrogen-bond donors (Lipinski definition) is 1. The fraction of sp³-hybridized carbons (Fsp3) is 1.00. The Morgan fingerprint density at radius 1 is 1.13 bits per heavy atom. The van der Waals surface area contributed by atoms with Crippen LogP contribution in [0.2, 0.25) is 0 Å². The Bertz CT molecular complexity index is 207. The third-order valence-corrected chi connectivity index (χ3v) is 4.05. The molecule has 3 heteroatoms. The highest BCUT2D eigenvalue weighted by Crippen LogP contribution is 2.25. The highest BCUT2D eigenvalue weighted by molar-refractivity contribution is 4.97. The summed E-state index contributed by atoms with van der Waals surface area (Å²) in [5.41, 5.74) is 0.300. The van der Waals surface area contributed by atoms with E-state index in [2.05, 4.69) is 36.0 Å². The van der Waals surface area contributed by atoms with Gasteiger partial charge < -0.3 is 10.2 Å². The summed E-state index contributed by atoms with van der Waals surface area (Å²) >= 11 is 0. The second-order valence-electron chi connectivity index (χ2n) is 5.65. The van der Waals surface area contributed by atoms with Crippen molar-refractivity contribution in [3.8, 4) is 0 Å². The van der Waals surface area contributed by atoms with Gasteiger partial charge in [-0.3, -0.25) is 4.90 Å². The van der Waals surface area contributed by atoms with E-state index in [9.17, 15) is 0 Å². The molecule has 1 unspecified atom stereocenters. The standard InChI is InChI=1S/C12H25N3/c1-12(2)11(5-4-6-13-12)15-9-7-14(3)8-10-15/h11,13H,4-10H2,1-3H3. The summed E-state index contributed by atoms with van der Waals surface area (Å²) < 4.78 is 0. The third kappa shape index (κ3) is 2.52. The van der Waals surface area contributed by atoms with Crippen LogP contribution in [0.1, 0.15) is 26.7 Å². The number of rotatable bonds is 1. The Hall–Kier alpha value is -0.120. The number of hydrogen-bond acceptors (Lipinski definition) is 3. The lowest BCUT2D eigenvalue weighted by atomic mass is 9.85. The molecule has 1 N–H and O–H groups in total. The van der Waals surface area contributed by atoms with Crippen molar-refractivity contribution >= 4 is 0 Å². The first-order chi connectivity index (χ1) is 7.09. The predicted molar refractivity (Wildman–Crippen MR) is 64.2 cm³/mol. The van der Waals surface area contributed by atoms with Crippen molar-refractivity contribution in [2.45, 2.75) is 38.3 Å². The van der Waals surface area contributed by atoms with Crippen molar-refractivity contribution in [3.63, 3.8) is 0 Å². The first-order valence-electron chi connectivity index (χ1n) is 6.27. The molecule has 88 valence electrons. The molecule has 2 heterocycles.